The molecule has 1 aromatic heterocycles. The summed E-state index contributed by atoms with van der Waals surface area (Å²) in [6, 6.07) is 8.64. The average Bonchev–Trinajstić information content (AvgIpc) is 2.74. The van der Waals surface area contributed by atoms with E-state index in [1.165, 1.54) is 4.31 Å². The van der Waals surface area contributed by atoms with Gasteiger partial charge in [-0.1, -0.05) is 13.3 Å². The third-order valence-electron chi connectivity index (χ3n) is 4.97. The quantitative estimate of drug-likeness (QED) is 0.608. The lowest BCUT2D eigenvalue weighted by molar-refractivity contribution is 0.309. The third kappa shape index (κ3) is 5.40. The summed E-state index contributed by atoms with van der Waals surface area (Å²) in [6.45, 7) is 9.42. The SMILES string of the molecule is CCCCOc1ccc(S(=O)(=O)N2CCN(c3cc(C)nc(NCC)n3)CC2)cc1. The van der Waals surface area contributed by atoms with Crippen LogP contribution in [0.25, 0.3) is 0 Å². The van der Waals surface area contributed by atoms with Gasteiger partial charge in [0, 0.05) is 44.5 Å². The van der Waals surface area contributed by atoms with Gasteiger partial charge in [-0.3, -0.25) is 0 Å². The highest BCUT2D eigenvalue weighted by molar-refractivity contribution is 7.89. The molecule has 1 aromatic carbocycles. The highest BCUT2D eigenvalue weighted by Gasteiger charge is 2.29. The van der Waals surface area contributed by atoms with Crippen LogP contribution in [0.4, 0.5) is 11.8 Å². The molecule has 8 nitrogen and oxygen atoms in total. The number of benzene rings is 1. The van der Waals surface area contributed by atoms with Crippen molar-refractivity contribution in [3.8, 4) is 5.75 Å². The number of hydrogen-bond donors (Lipinski definition) is 1. The number of aryl methyl sites for hydroxylation is 1. The van der Waals surface area contributed by atoms with E-state index in [2.05, 4.69) is 27.1 Å². The predicted octanol–water partition coefficient (Wildman–Crippen LogP) is 2.91. The Labute approximate surface area is 179 Å². The smallest absolute Gasteiger partial charge is 0.243 e. The number of ether oxygens (including phenoxy) is 1. The van der Waals surface area contributed by atoms with Gasteiger partial charge in [-0.2, -0.15) is 9.29 Å². The van der Waals surface area contributed by atoms with E-state index in [0.29, 0.717) is 49.4 Å². The molecule has 1 aliphatic rings. The Kier molecular flexibility index (Phi) is 7.49. The summed E-state index contributed by atoms with van der Waals surface area (Å²) in [6.07, 6.45) is 2.04. The number of nitrogens with one attached hydrogen (secondary N) is 1. The van der Waals surface area contributed by atoms with Crippen LogP contribution in [0.15, 0.2) is 35.2 Å². The van der Waals surface area contributed by atoms with E-state index in [4.69, 9.17) is 4.74 Å². The molecule has 1 fully saturated rings. The minimum atomic E-state index is -3.53. The molecule has 1 saturated heterocycles. The number of nitrogens with zero attached hydrogens (tertiary/aromatic N) is 4. The molecule has 0 bridgehead atoms. The number of piperazine rings is 1. The van der Waals surface area contributed by atoms with Gasteiger partial charge in [0.15, 0.2) is 0 Å². The van der Waals surface area contributed by atoms with Gasteiger partial charge in [-0.05, 0) is 44.5 Å². The molecule has 0 spiro atoms. The number of sulfonamides is 1. The van der Waals surface area contributed by atoms with Gasteiger partial charge in [-0.25, -0.2) is 13.4 Å². The molecule has 0 radical (unpaired) electrons. The van der Waals surface area contributed by atoms with Gasteiger partial charge < -0.3 is 15.0 Å². The maximum atomic E-state index is 13.0. The van der Waals surface area contributed by atoms with Crippen molar-refractivity contribution >= 4 is 21.8 Å². The van der Waals surface area contributed by atoms with Crippen molar-refractivity contribution in [1.82, 2.24) is 14.3 Å². The van der Waals surface area contributed by atoms with Gasteiger partial charge in [0.05, 0.1) is 11.5 Å². The second kappa shape index (κ2) is 10.1. The van der Waals surface area contributed by atoms with E-state index < -0.39 is 10.0 Å². The molecule has 164 valence electrons. The van der Waals surface area contributed by atoms with E-state index in [1.807, 2.05) is 19.9 Å². The predicted molar refractivity (Wildman–Crippen MR) is 119 cm³/mol. The second-order valence-electron chi connectivity index (χ2n) is 7.29. The van der Waals surface area contributed by atoms with Crippen molar-refractivity contribution in [2.24, 2.45) is 0 Å². The normalized spacial score (nSPS) is 15.2. The summed E-state index contributed by atoms with van der Waals surface area (Å²) in [5.41, 5.74) is 0.882. The lowest BCUT2D eigenvalue weighted by atomic mass is 10.3. The molecule has 9 heteroatoms. The number of aromatic nitrogens is 2. The van der Waals surface area contributed by atoms with Crippen LogP contribution >= 0.6 is 0 Å². The van der Waals surface area contributed by atoms with Crippen LogP contribution < -0.4 is 15.0 Å². The van der Waals surface area contributed by atoms with Crippen LogP contribution in [0.5, 0.6) is 5.75 Å². The van der Waals surface area contributed by atoms with Crippen molar-refractivity contribution in [1.29, 1.82) is 0 Å². The molecule has 3 rings (SSSR count). The Bertz CT molecular complexity index is 926. The van der Waals surface area contributed by atoms with Crippen molar-refractivity contribution in [2.75, 3.05) is 49.5 Å². The van der Waals surface area contributed by atoms with Crippen LogP contribution in [0, 0.1) is 6.92 Å². The van der Waals surface area contributed by atoms with Crippen LogP contribution in [0.3, 0.4) is 0 Å². The summed E-state index contributed by atoms with van der Waals surface area (Å²) in [4.78, 5) is 11.3. The molecule has 0 amide bonds. The number of anilines is 2. The Morgan fingerprint density at radius 3 is 2.40 bits per heavy atom. The van der Waals surface area contributed by atoms with Gasteiger partial charge in [0.2, 0.25) is 16.0 Å². The van der Waals surface area contributed by atoms with Gasteiger partial charge in [0.25, 0.3) is 0 Å². The van der Waals surface area contributed by atoms with Crippen molar-refractivity contribution in [3.05, 3.63) is 36.0 Å². The number of hydrogen-bond acceptors (Lipinski definition) is 7. The zero-order chi connectivity index (χ0) is 21.6. The molecule has 0 unspecified atom stereocenters. The molecule has 1 aliphatic heterocycles. The zero-order valence-electron chi connectivity index (χ0n) is 18.0. The summed E-state index contributed by atoms with van der Waals surface area (Å²) in [5.74, 6) is 2.12. The van der Waals surface area contributed by atoms with Crippen molar-refractivity contribution in [2.45, 2.75) is 38.5 Å². The summed E-state index contributed by atoms with van der Waals surface area (Å²) < 4.78 is 33.2. The summed E-state index contributed by atoms with van der Waals surface area (Å²) in [7, 11) is -3.53. The average molecular weight is 434 g/mol. The maximum absolute atomic E-state index is 13.0. The van der Waals surface area contributed by atoms with E-state index in [9.17, 15) is 8.42 Å². The lowest BCUT2D eigenvalue weighted by Crippen LogP contribution is -2.49. The minimum absolute atomic E-state index is 0.297. The largest absolute Gasteiger partial charge is 0.494 e. The minimum Gasteiger partial charge on any atom is -0.494 e. The fraction of sp³-hybridized carbons (Fsp3) is 0.524. The molecule has 2 heterocycles. The fourth-order valence-electron chi connectivity index (χ4n) is 3.30. The number of rotatable bonds is 9. The van der Waals surface area contributed by atoms with E-state index in [0.717, 1.165) is 30.9 Å². The summed E-state index contributed by atoms with van der Waals surface area (Å²) in [5, 5.41) is 3.14. The first kappa shape index (κ1) is 22.3. The Hall–Kier alpha value is -2.39. The zero-order valence-corrected chi connectivity index (χ0v) is 18.8. The molecule has 0 saturated carbocycles. The topological polar surface area (TPSA) is 87.7 Å². The van der Waals surface area contributed by atoms with Crippen molar-refractivity contribution < 1.29 is 13.2 Å². The highest BCUT2D eigenvalue weighted by Crippen LogP contribution is 2.23. The molecule has 1 N–H and O–H groups in total. The van der Waals surface area contributed by atoms with Crippen LogP contribution in [-0.4, -0.2) is 62.0 Å². The van der Waals surface area contributed by atoms with E-state index in [-0.39, 0.29) is 0 Å². The third-order valence-corrected chi connectivity index (χ3v) is 6.88. The second-order valence-corrected chi connectivity index (χ2v) is 9.22. The fourth-order valence-corrected chi connectivity index (χ4v) is 4.72. The molecule has 0 aliphatic carbocycles. The highest BCUT2D eigenvalue weighted by atomic mass is 32.2. The summed E-state index contributed by atoms with van der Waals surface area (Å²) >= 11 is 0. The first-order valence-corrected chi connectivity index (χ1v) is 12.0. The van der Waals surface area contributed by atoms with Crippen LogP contribution in [-0.2, 0) is 10.0 Å². The molecule has 30 heavy (non-hydrogen) atoms. The molecule has 2 aromatic rings. The first-order valence-electron chi connectivity index (χ1n) is 10.5. The first-order chi connectivity index (χ1) is 14.4. The van der Waals surface area contributed by atoms with E-state index >= 15 is 0 Å². The van der Waals surface area contributed by atoms with Crippen molar-refractivity contribution in [3.63, 3.8) is 0 Å². The van der Waals surface area contributed by atoms with Crippen LogP contribution in [0.2, 0.25) is 0 Å². The van der Waals surface area contributed by atoms with Crippen LogP contribution in [0.1, 0.15) is 32.4 Å². The Balaban J connectivity index is 1.64. The van der Waals surface area contributed by atoms with Gasteiger partial charge >= 0.3 is 0 Å². The monoisotopic (exact) mass is 433 g/mol. The number of unbranched alkanes of at least 4 members (excludes halogenated alkanes) is 1. The van der Waals surface area contributed by atoms with Gasteiger partial charge in [0.1, 0.15) is 11.6 Å². The standard InChI is InChI=1S/C21H31N5O3S/c1-4-6-15-29-18-7-9-19(10-8-18)30(27,28)26-13-11-25(12-14-26)20-16-17(3)23-21(24-20)22-5-2/h7-10,16H,4-6,11-15H2,1-3H3,(H,22,23,24). The Morgan fingerprint density at radius 1 is 1.07 bits per heavy atom. The maximum Gasteiger partial charge on any atom is 0.243 e. The van der Waals surface area contributed by atoms with Gasteiger partial charge in [-0.15, -0.1) is 0 Å². The molecule has 0 atom stereocenters. The Morgan fingerprint density at radius 2 is 1.77 bits per heavy atom. The van der Waals surface area contributed by atoms with E-state index in [1.54, 1.807) is 24.3 Å². The lowest BCUT2D eigenvalue weighted by Gasteiger charge is -2.34. The molecular weight excluding hydrogens is 402 g/mol. The molecular formula is C21H31N5O3S.